The first-order valence-corrected chi connectivity index (χ1v) is 3.23. The molecule has 0 unspecified atom stereocenters. The van der Waals surface area contributed by atoms with E-state index in [9.17, 15) is 0 Å². The number of hydrogen-bond acceptors (Lipinski definition) is 0. The topological polar surface area (TPSA) is 0 Å². The first kappa shape index (κ1) is 9.70. The van der Waals surface area contributed by atoms with Crippen LogP contribution in [0.5, 0.6) is 0 Å². The summed E-state index contributed by atoms with van der Waals surface area (Å²) in [7, 11) is 32.9. The molecule has 12 radical (unpaired) electrons. The molecule has 1 rings (SSSR count). The van der Waals surface area contributed by atoms with Crippen LogP contribution in [0.1, 0.15) is 0 Å². The van der Waals surface area contributed by atoms with Crippen molar-refractivity contribution in [3.05, 3.63) is 0 Å². The van der Waals surface area contributed by atoms with Crippen molar-refractivity contribution in [3.8, 4) is 0 Å². The Labute approximate surface area is 80.3 Å². The van der Waals surface area contributed by atoms with E-state index in [2.05, 4.69) is 0 Å². The van der Waals surface area contributed by atoms with Gasteiger partial charge in [0, 0.05) is 0 Å². The maximum atomic E-state index is 5.49. The average Bonchev–Trinajstić information content (AvgIpc) is 2.08. The highest BCUT2D eigenvalue weighted by Crippen LogP contribution is 1.60. The summed E-state index contributed by atoms with van der Waals surface area (Å²) in [6.45, 7) is 0. The molecule has 0 saturated heterocycles. The number of rotatable bonds is 0. The quantitative estimate of drug-likeness (QED) is 0.313. The van der Waals surface area contributed by atoms with Crippen LogP contribution in [0.4, 0.5) is 0 Å². The van der Waals surface area contributed by atoms with Gasteiger partial charge in [-0.3, -0.25) is 0 Å². The van der Waals surface area contributed by atoms with Crippen molar-refractivity contribution >= 4 is 79.9 Å². The second-order valence-corrected chi connectivity index (χ2v) is 2.48. The smallest absolute Gasteiger partial charge is 0.112 e. The van der Waals surface area contributed by atoms with Gasteiger partial charge in [-0.1, -0.05) is 0 Å². The van der Waals surface area contributed by atoms with E-state index in [0.717, 1.165) is 0 Å². The lowest BCUT2D eigenvalue weighted by molar-refractivity contribution is 2.13. The lowest BCUT2D eigenvalue weighted by atomic mass is 9.57. The zero-order valence-electron chi connectivity index (χ0n) is 6.46. The molecule has 0 aromatic heterocycles. The van der Waals surface area contributed by atoms with E-state index >= 15 is 0 Å². The van der Waals surface area contributed by atoms with Crippen molar-refractivity contribution in [1.29, 1.82) is 0 Å². The Kier molecular flexibility index (Phi) is 2.55. The van der Waals surface area contributed by atoms with E-state index in [1.165, 1.54) is 0 Å². The molecule has 6 heteroatoms. The molecule has 1 aromatic rings. The minimum absolute atomic E-state index is 0.180. The number of hydrogen-bond donors (Lipinski definition) is 0. The Morgan fingerprint density at radius 2 is 0.417 bits per heavy atom. The maximum Gasteiger partial charge on any atom is 0.112 e. The predicted molar refractivity (Wildman–Crippen MR) is 58.8 cm³/mol. The van der Waals surface area contributed by atoms with Gasteiger partial charge in [-0.05, 0) is 0 Å². The molecule has 0 saturated carbocycles. The second-order valence-electron chi connectivity index (χ2n) is 2.48. The molecule has 0 N–H and O–H groups in total. The zero-order valence-corrected chi connectivity index (χ0v) is 6.46. The van der Waals surface area contributed by atoms with Crippen LogP contribution in [0.3, 0.4) is 0 Å². The average molecular weight is 137 g/mol. The van der Waals surface area contributed by atoms with E-state index in [0.29, 0.717) is 0 Å². The van der Waals surface area contributed by atoms with Crippen LogP contribution in [-0.4, -0.2) is 47.1 Å². The van der Waals surface area contributed by atoms with E-state index in [-0.39, 0.29) is 32.8 Å². The summed E-state index contributed by atoms with van der Waals surface area (Å²) in [5.74, 6) is 0. The summed E-state index contributed by atoms with van der Waals surface area (Å²) in [6, 6.07) is 0. The molecule has 1 aromatic carbocycles. The highest BCUT2D eigenvalue weighted by atomic mass is 14.0. The van der Waals surface area contributed by atoms with Gasteiger partial charge in [0.15, 0.2) is 0 Å². The summed E-state index contributed by atoms with van der Waals surface area (Å²) >= 11 is 0. The third kappa shape index (κ3) is 1.28. The monoisotopic (exact) mass is 138 g/mol. The fraction of sp³-hybridized carbons (Fsp3) is 0. The third-order valence-corrected chi connectivity index (χ3v) is 1.74. The Morgan fingerprint density at radius 1 is 0.333 bits per heavy atom. The highest BCUT2D eigenvalue weighted by molar-refractivity contribution is 6.72. The molecule has 0 aliphatic carbocycles. The van der Waals surface area contributed by atoms with Gasteiger partial charge in [-0.2, -0.15) is 0 Å². The Morgan fingerprint density at radius 3 is 0.500 bits per heavy atom. The number of benzene rings is 1. The van der Waals surface area contributed by atoms with Gasteiger partial charge in [0.1, 0.15) is 47.1 Å². The molecule has 0 bridgehead atoms. The minimum Gasteiger partial charge on any atom is -0.112 e. The lowest BCUT2D eigenvalue weighted by Crippen LogP contribution is -2.62. The van der Waals surface area contributed by atoms with Crippen LogP contribution in [0.25, 0.3) is 0 Å². The van der Waals surface area contributed by atoms with Gasteiger partial charge in [0.25, 0.3) is 0 Å². The zero-order chi connectivity index (χ0) is 9.46. The summed E-state index contributed by atoms with van der Waals surface area (Å²) < 4.78 is 0. The SMILES string of the molecule is [B]c1c([B])c([B])c([B])c([B])c1[B]. The predicted octanol–water partition coefficient (Wildman–Crippen LogP) is -5.55. The van der Waals surface area contributed by atoms with E-state index in [1.54, 1.807) is 0 Å². The van der Waals surface area contributed by atoms with E-state index < -0.39 is 0 Å². The van der Waals surface area contributed by atoms with Gasteiger partial charge in [0.2, 0.25) is 0 Å². The summed E-state index contributed by atoms with van der Waals surface area (Å²) in [5.41, 5.74) is 1.08. The summed E-state index contributed by atoms with van der Waals surface area (Å²) in [4.78, 5) is 0. The normalized spacial score (nSPS) is 10.0. The molecule has 0 aliphatic rings. The van der Waals surface area contributed by atoms with Crippen LogP contribution in [0.2, 0.25) is 0 Å². The Hall–Kier alpha value is -0.390. The molecule has 0 spiro atoms. The van der Waals surface area contributed by atoms with Crippen molar-refractivity contribution in [1.82, 2.24) is 0 Å². The molecule has 0 fully saturated rings. The van der Waals surface area contributed by atoms with Gasteiger partial charge in [-0.15, -0.1) is 32.8 Å². The molecule has 12 heavy (non-hydrogen) atoms. The molecule has 0 amide bonds. The van der Waals surface area contributed by atoms with E-state index in [1.807, 2.05) is 0 Å². The lowest BCUT2D eigenvalue weighted by Gasteiger charge is -2.18. The van der Waals surface area contributed by atoms with Gasteiger partial charge < -0.3 is 0 Å². The van der Waals surface area contributed by atoms with Gasteiger partial charge in [-0.25, -0.2) is 0 Å². The molecular formula is C6B6. The third-order valence-electron chi connectivity index (χ3n) is 1.74. The van der Waals surface area contributed by atoms with Crippen LogP contribution in [-0.2, 0) is 0 Å². The first-order chi connectivity index (χ1) is 5.46. The Balaban J connectivity index is 3.60. The van der Waals surface area contributed by atoms with Crippen molar-refractivity contribution in [2.75, 3.05) is 0 Å². The van der Waals surface area contributed by atoms with Crippen LogP contribution in [0.15, 0.2) is 0 Å². The summed E-state index contributed by atoms with van der Waals surface area (Å²) in [5, 5.41) is 0. The fourth-order valence-electron chi connectivity index (χ4n) is 0.871. The van der Waals surface area contributed by atoms with Crippen molar-refractivity contribution in [3.63, 3.8) is 0 Å². The Bertz CT molecular complexity index is 226. The largest absolute Gasteiger partial charge is 0.112 e. The van der Waals surface area contributed by atoms with Crippen molar-refractivity contribution < 1.29 is 0 Å². The van der Waals surface area contributed by atoms with Gasteiger partial charge >= 0.3 is 0 Å². The standard InChI is InChI=1S/C6B6/c7-1-2(8)4(10)6(12)5(11)3(1)9. The molecule has 0 nitrogen and oxygen atoms in total. The summed E-state index contributed by atoms with van der Waals surface area (Å²) in [6.07, 6.45) is 0. The first-order valence-electron chi connectivity index (χ1n) is 3.23. The highest BCUT2D eigenvalue weighted by Gasteiger charge is 2.05. The second kappa shape index (κ2) is 3.16. The molecule has 0 heterocycles. The minimum atomic E-state index is 0.180. The fourth-order valence-corrected chi connectivity index (χ4v) is 0.871. The van der Waals surface area contributed by atoms with E-state index in [4.69, 9.17) is 47.1 Å². The maximum absolute atomic E-state index is 5.49. The van der Waals surface area contributed by atoms with Gasteiger partial charge in [0.05, 0.1) is 0 Å². The van der Waals surface area contributed by atoms with Crippen LogP contribution < -0.4 is 32.8 Å². The molecule has 0 aliphatic heterocycles. The van der Waals surface area contributed by atoms with Crippen molar-refractivity contribution in [2.45, 2.75) is 0 Å². The molecular weight excluding hydrogens is 137 g/mol. The molecule has 0 atom stereocenters. The van der Waals surface area contributed by atoms with Crippen molar-refractivity contribution in [2.24, 2.45) is 0 Å². The van der Waals surface area contributed by atoms with Crippen LogP contribution in [0, 0.1) is 0 Å². The molecule has 42 valence electrons. The van der Waals surface area contributed by atoms with Crippen LogP contribution >= 0.6 is 0 Å².